The lowest BCUT2D eigenvalue weighted by Gasteiger charge is -2.08. The summed E-state index contributed by atoms with van der Waals surface area (Å²) >= 11 is 0. The number of benzene rings is 1. The van der Waals surface area contributed by atoms with Crippen molar-refractivity contribution in [2.24, 2.45) is 7.05 Å². The van der Waals surface area contributed by atoms with Crippen LogP contribution in [0.2, 0.25) is 0 Å². The third kappa shape index (κ3) is 3.44. The summed E-state index contributed by atoms with van der Waals surface area (Å²) in [5.74, 6) is 0.722. The smallest absolute Gasteiger partial charge is 0.319 e. The van der Waals surface area contributed by atoms with E-state index in [-0.39, 0.29) is 11.8 Å². The number of aromatic nitrogens is 2. The van der Waals surface area contributed by atoms with Crippen LogP contribution >= 0.6 is 0 Å². The van der Waals surface area contributed by atoms with Gasteiger partial charge in [-0.25, -0.2) is 9.78 Å². The standard InChI is InChI=1S/C14H16N4O2/c1-10(19)11-4-3-5-12(8-11)17-14(20)16-9-13-15-6-7-18(13)2/h3-8H,9H2,1-2H3,(H2,16,17,20). The van der Waals surface area contributed by atoms with E-state index in [1.54, 1.807) is 30.5 Å². The van der Waals surface area contributed by atoms with Gasteiger partial charge in [0.1, 0.15) is 5.82 Å². The average Bonchev–Trinajstić information content (AvgIpc) is 2.82. The molecule has 0 fully saturated rings. The predicted octanol–water partition coefficient (Wildman–Crippen LogP) is 1.94. The van der Waals surface area contributed by atoms with Gasteiger partial charge < -0.3 is 15.2 Å². The van der Waals surface area contributed by atoms with Gasteiger partial charge in [-0.05, 0) is 19.1 Å². The fourth-order valence-electron chi connectivity index (χ4n) is 1.72. The largest absolute Gasteiger partial charge is 0.337 e. The van der Waals surface area contributed by atoms with Crippen molar-refractivity contribution >= 4 is 17.5 Å². The van der Waals surface area contributed by atoms with Crippen LogP contribution in [0, 0.1) is 0 Å². The predicted molar refractivity (Wildman–Crippen MR) is 75.5 cm³/mol. The third-order valence-corrected chi connectivity index (χ3v) is 2.85. The highest BCUT2D eigenvalue weighted by atomic mass is 16.2. The minimum Gasteiger partial charge on any atom is -0.337 e. The molecular weight excluding hydrogens is 256 g/mol. The summed E-state index contributed by atoms with van der Waals surface area (Å²) in [5, 5.41) is 5.38. The van der Waals surface area contributed by atoms with E-state index in [1.165, 1.54) is 6.92 Å². The first-order chi connectivity index (χ1) is 9.56. The molecule has 0 saturated heterocycles. The van der Waals surface area contributed by atoms with Gasteiger partial charge in [-0.2, -0.15) is 0 Å². The fraction of sp³-hybridized carbons (Fsp3) is 0.214. The summed E-state index contributed by atoms with van der Waals surface area (Å²) in [7, 11) is 1.86. The maximum absolute atomic E-state index is 11.8. The summed E-state index contributed by atoms with van der Waals surface area (Å²) in [4.78, 5) is 27.1. The van der Waals surface area contributed by atoms with Gasteiger partial charge >= 0.3 is 6.03 Å². The zero-order valence-electron chi connectivity index (χ0n) is 11.4. The number of anilines is 1. The fourth-order valence-corrected chi connectivity index (χ4v) is 1.72. The zero-order valence-corrected chi connectivity index (χ0v) is 11.4. The molecule has 0 aliphatic heterocycles. The lowest BCUT2D eigenvalue weighted by Crippen LogP contribution is -2.29. The van der Waals surface area contributed by atoms with Gasteiger partial charge in [0.05, 0.1) is 6.54 Å². The van der Waals surface area contributed by atoms with Crippen molar-refractivity contribution in [1.29, 1.82) is 0 Å². The summed E-state index contributed by atoms with van der Waals surface area (Å²) < 4.78 is 1.83. The number of carbonyl (C=O) groups excluding carboxylic acids is 2. The number of hydrogen-bond acceptors (Lipinski definition) is 3. The number of carbonyl (C=O) groups is 2. The Morgan fingerprint density at radius 3 is 2.80 bits per heavy atom. The second-order valence-corrected chi connectivity index (χ2v) is 4.40. The van der Waals surface area contributed by atoms with Crippen molar-refractivity contribution in [1.82, 2.24) is 14.9 Å². The van der Waals surface area contributed by atoms with Gasteiger partial charge in [0, 0.05) is 30.7 Å². The van der Waals surface area contributed by atoms with Crippen LogP contribution < -0.4 is 10.6 Å². The van der Waals surface area contributed by atoms with E-state index < -0.39 is 0 Å². The number of urea groups is 1. The van der Waals surface area contributed by atoms with Crippen molar-refractivity contribution in [2.45, 2.75) is 13.5 Å². The second kappa shape index (κ2) is 6.01. The summed E-state index contributed by atoms with van der Waals surface area (Å²) in [6.45, 7) is 1.82. The number of hydrogen-bond donors (Lipinski definition) is 2. The number of nitrogens with one attached hydrogen (secondary N) is 2. The molecule has 2 N–H and O–H groups in total. The average molecular weight is 272 g/mol. The second-order valence-electron chi connectivity index (χ2n) is 4.40. The van der Waals surface area contributed by atoms with E-state index in [2.05, 4.69) is 15.6 Å². The van der Waals surface area contributed by atoms with Crippen molar-refractivity contribution in [2.75, 3.05) is 5.32 Å². The van der Waals surface area contributed by atoms with E-state index in [9.17, 15) is 9.59 Å². The topological polar surface area (TPSA) is 76.0 Å². The molecule has 6 nitrogen and oxygen atoms in total. The van der Waals surface area contributed by atoms with Gasteiger partial charge in [0.15, 0.2) is 5.78 Å². The van der Waals surface area contributed by atoms with Crippen LogP contribution in [0.4, 0.5) is 10.5 Å². The Labute approximate surface area is 116 Å². The molecule has 1 aromatic heterocycles. The van der Waals surface area contributed by atoms with E-state index in [4.69, 9.17) is 0 Å². The first-order valence-corrected chi connectivity index (χ1v) is 6.18. The minimum absolute atomic E-state index is 0.0398. The lowest BCUT2D eigenvalue weighted by molar-refractivity contribution is 0.101. The van der Waals surface area contributed by atoms with Crippen LogP contribution in [0.3, 0.4) is 0 Å². The van der Waals surface area contributed by atoms with Crippen LogP contribution in [0.5, 0.6) is 0 Å². The highest BCUT2D eigenvalue weighted by Crippen LogP contribution is 2.10. The molecule has 0 bridgehead atoms. The molecule has 2 aromatic rings. The Bertz CT molecular complexity index is 634. The molecular formula is C14H16N4O2. The normalized spacial score (nSPS) is 10.1. The maximum Gasteiger partial charge on any atom is 0.319 e. The first kappa shape index (κ1) is 13.8. The van der Waals surface area contributed by atoms with Crippen molar-refractivity contribution in [3.8, 4) is 0 Å². The van der Waals surface area contributed by atoms with Crippen molar-refractivity contribution in [3.63, 3.8) is 0 Å². The molecule has 0 spiro atoms. The quantitative estimate of drug-likeness (QED) is 0.835. The molecule has 1 aromatic carbocycles. The van der Waals surface area contributed by atoms with Crippen LogP contribution in [-0.2, 0) is 13.6 Å². The Hall–Kier alpha value is -2.63. The molecule has 0 aliphatic carbocycles. The highest BCUT2D eigenvalue weighted by Gasteiger charge is 2.05. The summed E-state index contributed by atoms with van der Waals surface area (Å²) in [5.41, 5.74) is 1.14. The van der Waals surface area contributed by atoms with Crippen molar-refractivity contribution in [3.05, 3.63) is 48.0 Å². The SMILES string of the molecule is CC(=O)c1cccc(NC(=O)NCc2nccn2C)c1. The first-order valence-electron chi connectivity index (χ1n) is 6.18. The zero-order chi connectivity index (χ0) is 14.5. The van der Waals surface area contributed by atoms with E-state index >= 15 is 0 Å². The molecule has 0 radical (unpaired) electrons. The number of aryl methyl sites for hydroxylation is 1. The molecule has 0 saturated carbocycles. The Kier molecular flexibility index (Phi) is 4.14. The third-order valence-electron chi connectivity index (χ3n) is 2.85. The number of nitrogens with zero attached hydrogens (tertiary/aromatic N) is 2. The molecule has 0 aliphatic rings. The van der Waals surface area contributed by atoms with Crippen LogP contribution in [0.1, 0.15) is 23.1 Å². The van der Waals surface area contributed by atoms with Crippen LogP contribution in [0.15, 0.2) is 36.7 Å². The number of ketones is 1. The van der Waals surface area contributed by atoms with Gasteiger partial charge in [-0.3, -0.25) is 4.79 Å². The Morgan fingerprint density at radius 1 is 1.35 bits per heavy atom. The van der Waals surface area contributed by atoms with Gasteiger partial charge in [0.25, 0.3) is 0 Å². The molecule has 104 valence electrons. The Balaban J connectivity index is 1.93. The molecule has 0 atom stereocenters. The molecule has 1 heterocycles. The number of rotatable bonds is 4. The van der Waals surface area contributed by atoms with E-state index in [0.717, 1.165) is 5.82 Å². The van der Waals surface area contributed by atoms with Gasteiger partial charge in [-0.15, -0.1) is 0 Å². The molecule has 0 unspecified atom stereocenters. The minimum atomic E-state index is -0.339. The van der Waals surface area contributed by atoms with Crippen LogP contribution in [0.25, 0.3) is 0 Å². The number of amides is 2. The van der Waals surface area contributed by atoms with Crippen molar-refractivity contribution < 1.29 is 9.59 Å². The van der Waals surface area contributed by atoms with Crippen LogP contribution in [-0.4, -0.2) is 21.4 Å². The maximum atomic E-state index is 11.8. The van der Waals surface area contributed by atoms with E-state index in [1.807, 2.05) is 17.8 Å². The monoisotopic (exact) mass is 272 g/mol. The van der Waals surface area contributed by atoms with Gasteiger partial charge in [0.2, 0.25) is 0 Å². The van der Waals surface area contributed by atoms with E-state index in [0.29, 0.717) is 17.8 Å². The molecule has 2 rings (SSSR count). The number of imidazole rings is 1. The molecule has 6 heteroatoms. The molecule has 2 amide bonds. The highest BCUT2D eigenvalue weighted by molar-refractivity contribution is 5.96. The van der Waals surface area contributed by atoms with Gasteiger partial charge in [-0.1, -0.05) is 12.1 Å². The number of Topliss-reactive ketones (excluding diaryl/α,β-unsaturated/α-hetero) is 1. The summed E-state index contributed by atoms with van der Waals surface area (Å²) in [6.07, 6.45) is 3.48. The lowest BCUT2D eigenvalue weighted by atomic mass is 10.1. The Morgan fingerprint density at radius 2 is 2.15 bits per heavy atom. The molecule has 20 heavy (non-hydrogen) atoms. The summed E-state index contributed by atoms with van der Waals surface area (Å²) in [6, 6.07) is 6.47.